The fourth-order valence-corrected chi connectivity index (χ4v) is 2.00. The zero-order valence-electron chi connectivity index (χ0n) is 6.63. The molecule has 60 valence electrons. The highest BCUT2D eigenvalue weighted by molar-refractivity contribution is 8.22. The lowest BCUT2D eigenvalue weighted by molar-refractivity contribution is 0.0767. The van der Waals surface area contributed by atoms with E-state index >= 15 is 0 Å². The molecule has 0 atom stereocenters. The fourth-order valence-electron chi connectivity index (χ4n) is 0.500. The lowest BCUT2D eigenvalue weighted by Gasteiger charge is -2.08. The van der Waals surface area contributed by atoms with E-state index in [0.717, 1.165) is 9.39 Å². The molecule has 5 heteroatoms. The molecule has 0 amide bonds. The van der Waals surface area contributed by atoms with Gasteiger partial charge in [0.15, 0.2) is 0 Å². The van der Waals surface area contributed by atoms with Crippen molar-refractivity contribution in [2.75, 3.05) is 21.3 Å². The molecule has 3 nitrogen and oxygen atoms in total. The van der Waals surface area contributed by atoms with Crippen LogP contribution >= 0.6 is 11.2 Å². The van der Waals surface area contributed by atoms with Crippen LogP contribution in [0.2, 0.25) is 0 Å². The van der Waals surface area contributed by atoms with Crippen molar-refractivity contribution >= 4 is 20.6 Å². The molecular weight excluding hydrogens is 168 g/mol. The molecule has 0 aromatic rings. The van der Waals surface area contributed by atoms with Crippen LogP contribution in [0, 0.1) is 0 Å². The van der Waals surface area contributed by atoms with Crippen LogP contribution in [0.25, 0.3) is 0 Å². The Labute approximate surface area is 67.8 Å². The standard InChI is InChI=1S/C5H12O3SSi/c1-6-4(7-2)5(8-3)9-10/h1-3,10H3. The van der Waals surface area contributed by atoms with Gasteiger partial charge in [-0.3, -0.25) is 0 Å². The van der Waals surface area contributed by atoms with E-state index in [1.165, 1.54) is 0 Å². The molecule has 0 bridgehead atoms. The predicted molar refractivity (Wildman–Crippen MR) is 45.6 cm³/mol. The van der Waals surface area contributed by atoms with Crippen LogP contribution in [-0.2, 0) is 14.2 Å². The van der Waals surface area contributed by atoms with Gasteiger partial charge in [-0.1, -0.05) is 0 Å². The Balaban J connectivity index is 4.20. The third-order valence-corrected chi connectivity index (χ3v) is 2.72. The van der Waals surface area contributed by atoms with Crippen molar-refractivity contribution < 1.29 is 14.2 Å². The Morgan fingerprint density at radius 1 is 1.10 bits per heavy atom. The molecule has 0 unspecified atom stereocenters. The molecule has 0 saturated carbocycles. The van der Waals surface area contributed by atoms with E-state index < -0.39 is 0 Å². The van der Waals surface area contributed by atoms with Gasteiger partial charge in [-0.15, -0.1) is 11.2 Å². The van der Waals surface area contributed by atoms with Crippen LogP contribution in [0.3, 0.4) is 0 Å². The molecule has 0 N–H and O–H groups in total. The number of methoxy groups -OCH3 is 3. The number of rotatable bonds is 4. The number of hydrogen-bond acceptors (Lipinski definition) is 4. The van der Waals surface area contributed by atoms with Gasteiger partial charge in [0.2, 0.25) is 5.09 Å². The van der Waals surface area contributed by atoms with E-state index in [2.05, 4.69) is 0 Å². The summed E-state index contributed by atoms with van der Waals surface area (Å²) in [6.45, 7) is 0. The Hall–Kier alpha value is -0.293. The van der Waals surface area contributed by atoms with E-state index in [0.29, 0.717) is 11.0 Å². The summed E-state index contributed by atoms with van der Waals surface area (Å²) >= 11 is 1.57. The Morgan fingerprint density at radius 3 is 1.70 bits per heavy atom. The first kappa shape index (κ1) is 9.71. The van der Waals surface area contributed by atoms with Crippen LogP contribution < -0.4 is 0 Å². The highest BCUT2D eigenvalue weighted by atomic mass is 32.4. The molecule has 0 aliphatic rings. The van der Waals surface area contributed by atoms with Crippen LogP contribution in [0.1, 0.15) is 0 Å². The Kier molecular flexibility index (Phi) is 5.33. The van der Waals surface area contributed by atoms with Crippen molar-refractivity contribution in [3.05, 3.63) is 11.0 Å². The summed E-state index contributed by atoms with van der Waals surface area (Å²) in [5.74, 6) is 0.447. The van der Waals surface area contributed by atoms with Crippen molar-refractivity contribution in [1.82, 2.24) is 0 Å². The molecule has 0 aromatic carbocycles. The first-order valence-electron chi connectivity index (χ1n) is 2.70. The largest absolute Gasteiger partial charge is 0.485 e. The van der Waals surface area contributed by atoms with Gasteiger partial charge < -0.3 is 14.2 Å². The molecular formula is C5H12O3SSi. The lowest BCUT2D eigenvalue weighted by Crippen LogP contribution is -1.95. The molecule has 0 aliphatic heterocycles. The van der Waals surface area contributed by atoms with Crippen LogP contribution in [-0.4, -0.2) is 30.7 Å². The van der Waals surface area contributed by atoms with Crippen molar-refractivity contribution in [3.8, 4) is 0 Å². The van der Waals surface area contributed by atoms with E-state index in [-0.39, 0.29) is 0 Å². The van der Waals surface area contributed by atoms with Gasteiger partial charge in [0.25, 0.3) is 0 Å². The lowest BCUT2D eigenvalue weighted by atomic mass is 10.9. The van der Waals surface area contributed by atoms with Gasteiger partial charge in [0, 0.05) is 0 Å². The maximum Gasteiger partial charge on any atom is 0.329 e. The van der Waals surface area contributed by atoms with Crippen molar-refractivity contribution in [2.24, 2.45) is 0 Å². The zero-order chi connectivity index (χ0) is 7.98. The van der Waals surface area contributed by atoms with Gasteiger partial charge in [-0.25, -0.2) is 0 Å². The molecule has 10 heavy (non-hydrogen) atoms. The predicted octanol–water partition coefficient (Wildman–Crippen LogP) is 0.0658. The minimum atomic E-state index is 0.447. The molecule has 0 aliphatic carbocycles. The van der Waals surface area contributed by atoms with E-state index in [1.54, 1.807) is 32.5 Å². The maximum absolute atomic E-state index is 4.97. The minimum Gasteiger partial charge on any atom is -0.485 e. The third kappa shape index (κ3) is 2.53. The molecule has 0 rings (SSSR count). The van der Waals surface area contributed by atoms with Gasteiger partial charge in [0.1, 0.15) is 0 Å². The second-order valence-electron chi connectivity index (χ2n) is 1.39. The summed E-state index contributed by atoms with van der Waals surface area (Å²) in [6, 6.07) is 0. The molecule has 0 saturated heterocycles. The monoisotopic (exact) mass is 180 g/mol. The molecule has 0 aromatic heterocycles. The van der Waals surface area contributed by atoms with Gasteiger partial charge in [0.05, 0.1) is 30.7 Å². The minimum absolute atomic E-state index is 0.447. The van der Waals surface area contributed by atoms with Crippen molar-refractivity contribution in [1.29, 1.82) is 0 Å². The van der Waals surface area contributed by atoms with Crippen LogP contribution in [0.15, 0.2) is 11.0 Å². The van der Waals surface area contributed by atoms with Gasteiger partial charge >= 0.3 is 5.95 Å². The summed E-state index contributed by atoms with van der Waals surface area (Å²) in [5, 5.41) is 0.705. The highest BCUT2D eigenvalue weighted by Gasteiger charge is 2.04. The summed E-state index contributed by atoms with van der Waals surface area (Å²) in [6.07, 6.45) is 0. The smallest absolute Gasteiger partial charge is 0.329 e. The fraction of sp³-hybridized carbons (Fsp3) is 0.600. The van der Waals surface area contributed by atoms with Crippen LogP contribution in [0.5, 0.6) is 0 Å². The number of ether oxygens (including phenoxy) is 3. The van der Waals surface area contributed by atoms with Crippen molar-refractivity contribution in [3.63, 3.8) is 0 Å². The first-order chi connectivity index (χ1) is 4.79. The topological polar surface area (TPSA) is 27.7 Å². The molecule has 0 fully saturated rings. The summed E-state index contributed by atoms with van der Waals surface area (Å²) < 4.78 is 14.7. The highest BCUT2D eigenvalue weighted by Crippen LogP contribution is 2.16. The Bertz CT molecular complexity index is 100. The molecule has 0 heterocycles. The second-order valence-corrected chi connectivity index (χ2v) is 3.40. The summed E-state index contributed by atoms with van der Waals surface area (Å²) in [4.78, 5) is 0. The maximum atomic E-state index is 4.97. The zero-order valence-corrected chi connectivity index (χ0v) is 9.45. The van der Waals surface area contributed by atoms with E-state index in [9.17, 15) is 0 Å². The molecule has 0 radical (unpaired) electrons. The summed E-state index contributed by atoms with van der Waals surface area (Å²) in [5.41, 5.74) is 0. The number of hydrogen-bond donors (Lipinski definition) is 0. The average molecular weight is 180 g/mol. The molecule has 0 spiro atoms. The van der Waals surface area contributed by atoms with Gasteiger partial charge in [-0.2, -0.15) is 0 Å². The quantitative estimate of drug-likeness (QED) is 0.452. The van der Waals surface area contributed by atoms with Gasteiger partial charge in [-0.05, 0) is 0 Å². The normalized spacial score (nSPS) is 8.70. The third-order valence-electron chi connectivity index (χ3n) is 0.908. The van der Waals surface area contributed by atoms with Crippen molar-refractivity contribution in [2.45, 2.75) is 0 Å². The van der Waals surface area contributed by atoms with Crippen LogP contribution in [0.4, 0.5) is 0 Å². The van der Waals surface area contributed by atoms with E-state index in [1.807, 2.05) is 0 Å². The second kappa shape index (κ2) is 5.49. The average Bonchev–Trinajstić information content (AvgIpc) is 2.00. The summed E-state index contributed by atoms with van der Waals surface area (Å²) in [7, 11) is 5.66. The Morgan fingerprint density at radius 2 is 1.60 bits per heavy atom. The first-order valence-corrected chi connectivity index (χ1v) is 6.37. The SMILES string of the molecule is COC(OC)=C(OC)S[SiH3]. The van der Waals surface area contributed by atoms with E-state index in [4.69, 9.17) is 14.2 Å².